The van der Waals surface area contributed by atoms with E-state index in [0.717, 1.165) is 10.2 Å². The predicted molar refractivity (Wildman–Crippen MR) is 56.9 cm³/mol. The number of carbonyl (C=O) groups is 1. The van der Waals surface area contributed by atoms with Crippen LogP contribution in [0.3, 0.4) is 0 Å². The van der Waals surface area contributed by atoms with Gasteiger partial charge < -0.3 is 0 Å². The average Bonchev–Trinajstić information content (AvgIpc) is 2.50. The van der Waals surface area contributed by atoms with Crippen LogP contribution in [0.1, 0.15) is 19.2 Å². The van der Waals surface area contributed by atoms with Gasteiger partial charge in [0.25, 0.3) is 0 Å². The summed E-state index contributed by atoms with van der Waals surface area (Å²) in [6, 6.07) is 0. The molecule has 78 valence electrons. The first-order chi connectivity index (χ1) is 6.61. The molecule has 1 amide bonds. The van der Waals surface area contributed by atoms with Crippen molar-refractivity contribution in [2.75, 3.05) is 0 Å². The van der Waals surface area contributed by atoms with E-state index in [-0.39, 0.29) is 11.2 Å². The highest BCUT2D eigenvalue weighted by Gasteiger charge is 2.11. The monoisotopic (exact) mass is 232 g/mol. The maximum Gasteiger partial charge on any atom is 0.234 e. The van der Waals surface area contributed by atoms with E-state index in [2.05, 4.69) is 14.8 Å². The van der Waals surface area contributed by atoms with Crippen LogP contribution in [-0.4, -0.2) is 20.5 Å². The SMILES string of the molecule is Cc1nsc(SC(C)CC(=O)NN)n1. The topological polar surface area (TPSA) is 80.9 Å². The lowest BCUT2D eigenvalue weighted by Crippen LogP contribution is -2.31. The standard InChI is InChI=1S/C7H12N4OS2/c1-4(3-6(12)10-8)13-7-9-5(2)11-14-7/h4H,3,8H2,1-2H3,(H,10,12). The van der Waals surface area contributed by atoms with Crippen LogP contribution >= 0.6 is 23.3 Å². The van der Waals surface area contributed by atoms with Gasteiger partial charge in [-0.05, 0) is 18.5 Å². The average molecular weight is 232 g/mol. The van der Waals surface area contributed by atoms with Crippen LogP contribution in [0.15, 0.2) is 4.34 Å². The van der Waals surface area contributed by atoms with E-state index >= 15 is 0 Å². The second kappa shape index (κ2) is 5.28. The molecule has 0 bridgehead atoms. The fraction of sp³-hybridized carbons (Fsp3) is 0.571. The summed E-state index contributed by atoms with van der Waals surface area (Å²) < 4.78 is 4.94. The second-order valence-corrected chi connectivity index (χ2v) is 5.25. The molecule has 5 nitrogen and oxygen atoms in total. The van der Waals surface area contributed by atoms with Crippen LogP contribution in [0.25, 0.3) is 0 Å². The summed E-state index contributed by atoms with van der Waals surface area (Å²) in [5.41, 5.74) is 2.10. The Hall–Kier alpha value is -0.660. The molecule has 0 aromatic carbocycles. The number of aryl methyl sites for hydroxylation is 1. The third-order valence-corrected chi connectivity index (χ3v) is 3.42. The van der Waals surface area contributed by atoms with Crippen molar-refractivity contribution in [2.24, 2.45) is 5.84 Å². The van der Waals surface area contributed by atoms with Crippen molar-refractivity contribution < 1.29 is 4.79 Å². The molecule has 1 unspecified atom stereocenters. The van der Waals surface area contributed by atoms with Gasteiger partial charge in [-0.3, -0.25) is 10.2 Å². The molecule has 3 N–H and O–H groups in total. The molecule has 1 aromatic rings. The molecule has 1 heterocycles. The zero-order chi connectivity index (χ0) is 10.6. The molecule has 0 fully saturated rings. The maximum absolute atomic E-state index is 10.9. The molecule has 0 radical (unpaired) electrons. The summed E-state index contributed by atoms with van der Waals surface area (Å²) in [4.78, 5) is 15.1. The molecule has 1 aromatic heterocycles. The molecule has 1 atom stereocenters. The Morgan fingerprint density at radius 2 is 2.50 bits per heavy atom. The minimum Gasteiger partial charge on any atom is -0.294 e. The van der Waals surface area contributed by atoms with Gasteiger partial charge in [0, 0.05) is 11.7 Å². The minimum absolute atomic E-state index is 0.158. The Morgan fingerprint density at radius 3 is 3.00 bits per heavy atom. The summed E-state index contributed by atoms with van der Waals surface area (Å²) in [5, 5.41) is 0.158. The number of thioether (sulfide) groups is 1. The van der Waals surface area contributed by atoms with E-state index in [0.29, 0.717) is 6.42 Å². The molecule has 7 heteroatoms. The van der Waals surface area contributed by atoms with Crippen molar-refractivity contribution in [3.63, 3.8) is 0 Å². The number of nitrogens with one attached hydrogen (secondary N) is 1. The van der Waals surface area contributed by atoms with Gasteiger partial charge in [0.15, 0.2) is 4.34 Å². The van der Waals surface area contributed by atoms with E-state index in [1.165, 1.54) is 23.3 Å². The molecule has 0 spiro atoms. The fourth-order valence-corrected chi connectivity index (χ4v) is 2.82. The Morgan fingerprint density at radius 1 is 1.79 bits per heavy atom. The number of rotatable bonds is 4. The molecule has 1 rings (SSSR count). The first-order valence-electron chi connectivity index (χ1n) is 4.08. The van der Waals surface area contributed by atoms with Crippen molar-refractivity contribution in [2.45, 2.75) is 29.9 Å². The zero-order valence-electron chi connectivity index (χ0n) is 7.98. The van der Waals surface area contributed by atoms with Crippen LogP contribution < -0.4 is 11.3 Å². The van der Waals surface area contributed by atoms with Gasteiger partial charge in [0.05, 0.1) is 0 Å². The molecule has 0 aliphatic rings. The smallest absolute Gasteiger partial charge is 0.234 e. The number of hydrazine groups is 1. The lowest BCUT2D eigenvalue weighted by Gasteiger charge is -2.06. The van der Waals surface area contributed by atoms with Crippen molar-refractivity contribution in [1.29, 1.82) is 0 Å². The molecular formula is C7H12N4OS2. The number of amides is 1. The van der Waals surface area contributed by atoms with E-state index in [1.807, 2.05) is 13.8 Å². The molecular weight excluding hydrogens is 220 g/mol. The summed E-state index contributed by atoms with van der Waals surface area (Å²) in [6.07, 6.45) is 0.389. The lowest BCUT2D eigenvalue weighted by molar-refractivity contribution is -0.121. The number of nitrogens with zero attached hydrogens (tertiary/aromatic N) is 2. The van der Waals surface area contributed by atoms with Crippen molar-refractivity contribution in [1.82, 2.24) is 14.8 Å². The molecule has 0 saturated heterocycles. The van der Waals surface area contributed by atoms with Gasteiger partial charge in [-0.1, -0.05) is 18.7 Å². The minimum atomic E-state index is -0.161. The van der Waals surface area contributed by atoms with Crippen LogP contribution in [-0.2, 0) is 4.79 Å². The van der Waals surface area contributed by atoms with E-state index < -0.39 is 0 Å². The van der Waals surface area contributed by atoms with Gasteiger partial charge in [0.2, 0.25) is 5.91 Å². The number of aromatic nitrogens is 2. The van der Waals surface area contributed by atoms with Crippen LogP contribution in [0.4, 0.5) is 0 Å². The van der Waals surface area contributed by atoms with E-state index in [4.69, 9.17) is 5.84 Å². The quantitative estimate of drug-likeness (QED) is 0.346. The van der Waals surface area contributed by atoms with Crippen LogP contribution in [0.2, 0.25) is 0 Å². The normalized spacial score (nSPS) is 12.5. The summed E-state index contributed by atoms with van der Waals surface area (Å²) in [6.45, 7) is 3.80. The number of nitrogens with two attached hydrogens (primary N) is 1. The maximum atomic E-state index is 10.9. The van der Waals surface area contributed by atoms with E-state index in [1.54, 1.807) is 0 Å². The first-order valence-corrected chi connectivity index (χ1v) is 5.73. The molecule has 0 saturated carbocycles. The zero-order valence-corrected chi connectivity index (χ0v) is 9.61. The number of hydrogen-bond donors (Lipinski definition) is 2. The predicted octanol–water partition coefficient (Wildman–Crippen LogP) is 0.707. The van der Waals surface area contributed by atoms with Crippen molar-refractivity contribution in [3.8, 4) is 0 Å². The third-order valence-electron chi connectivity index (χ3n) is 1.44. The van der Waals surface area contributed by atoms with Crippen LogP contribution in [0.5, 0.6) is 0 Å². The van der Waals surface area contributed by atoms with Crippen molar-refractivity contribution in [3.05, 3.63) is 5.82 Å². The Labute approximate surface area is 90.6 Å². The first kappa shape index (κ1) is 11.4. The third kappa shape index (κ3) is 3.60. The number of carbonyl (C=O) groups excluding carboxylic acids is 1. The van der Waals surface area contributed by atoms with E-state index in [9.17, 15) is 4.79 Å². The highest BCUT2D eigenvalue weighted by Crippen LogP contribution is 2.26. The summed E-state index contributed by atoms with van der Waals surface area (Å²) in [5.74, 6) is 5.59. The second-order valence-electron chi connectivity index (χ2n) is 2.81. The molecule has 14 heavy (non-hydrogen) atoms. The Bertz CT molecular complexity index is 314. The summed E-state index contributed by atoms with van der Waals surface area (Å²) >= 11 is 2.89. The van der Waals surface area contributed by atoms with Gasteiger partial charge in [-0.15, -0.1) is 0 Å². The Kier molecular flexibility index (Phi) is 4.30. The van der Waals surface area contributed by atoms with Gasteiger partial charge in [-0.25, -0.2) is 10.8 Å². The molecule has 0 aliphatic carbocycles. The number of hydrogen-bond acceptors (Lipinski definition) is 6. The van der Waals surface area contributed by atoms with Gasteiger partial charge in [0.1, 0.15) is 5.82 Å². The van der Waals surface area contributed by atoms with Crippen molar-refractivity contribution >= 4 is 29.2 Å². The van der Waals surface area contributed by atoms with Gasteiger partial charge >= 0.3 is 0 Å². The summed E-state index contributed by atoms with van der Waals surface area (Å²) in [7, 11) is 0. The highest BCUT2D eigenvalue weighted by atomic mass is 32.2. The van der Waals surface area contributed by atoms with Crippen LogP contribution in [0, 0.1) is 6.92 Å². The Balaban J connectivity index is 2.41. The highest BCUT2D eigenvalue weighted by molar-refractivity contribution is 8.01. The fourth-order valence-electron chi connectivity index (χ4n) is 0.860. The molecule has 0 aliphatic heterocycles. The van der Waals surface area contributed by atoms with Gasteiger partial charge in [-0.2, -0.15) is 4.37 Å². The lowest BCUT2D eigenvalue weighted by atomic mass is 10.3. The largest absolute Gasteiger partial charge is 0.294 e.